The maximum absolute atomic E-state index is 11.7. The number of halogens is 1. The van der Waals surface area contributed by atoms with E-state index < -0.39 is 5.97 Å². The summed E-state index contributed by atoms with van der Waals surface area (Å²) >= 11 is 5.73. The molecule has 17 heavy (non-hydrogen) atoms. The Morgan fingerprint density at radius 2 is 2.24 bits per heavy atom. The van der Waals surface area contributed by atoms with Gasteiger partial charge in [-0.3, -0.25) is 4.79 Å². The zero-order valence-electron chi connectivity index (χ0n) is 9.40. The molecular weight excluding hydrogens is 242 g/mol. The second-order valence-corrected chi connectivity index (χ2v) is 4.46. The molecule has 0 radical (unpaired) electrons. The molecule has 0 aromatic carbocycles. The zero-order chi connectivity index (χ0) is 12.4. The van der Waals surface area contributed by atoms with Crippen LogP contribution in [-0.2, 0) is 16.0 Å². The number of ketones is 1. The van der Waals surface area contributed by atoms with E-state index in [1.165, 1.54) is 19.4 Å². The monoisotopic (exact) mass is 253 g/mol. The molecular formula is C12H12ClNO3. The summed E-state index contributed by atoms with van der Waals surface area (Å²) in [4.78, 5) is 27.1. The van der Waals surface area contributed by atoms with Gasteiger partial charge in [0.15, 0.2) is 0 Å². The van der Waals surface area contributed by atoms with Crippen LogP contribution in [0.1, 0.15) is 28.8 Å². The highest BCUT2D eigenvalue weighted by Gasteiger charge is 2.30. The molecule has 0 aliphatic heterocycles. The number of methoxy groups -OCH3 is 1. The number of Topliss-reactive ketones (excluding diaryl/α,β-unsaturated/α-hetero) is 1. The van der Waals surface area contributed by atoms with Gasteiger partial charge in [-0.1, -0.05) is 11.6 Å². The minimum atomic E-state index is -0.493. The van der Waals surface area contributed by atoms with E-state index >= 15 is 0 Å². The van der Waals surface area contributed by atoms with Crippen LogP contribution in [0.15, 0.2) is 12.3 Å². The van der Waals surface area contributed by atoms with Crippen molar-refractivity contribution in [3.8, 4) is 0 Å². The normalized spacial score (nSPS) is 14.5. The molecule has 0 amide bonds. The van der Waals surface area contributed by atoms with Crippen LogP contribution < -0.4 is 0 Å². The number of hydrogen-bond acceptors (Lipinski definition) is 4. The SMILES string of the molecule is COC(=O)c1cc(Cl)ncc1CC(=O)C1CC1. The smallest absolute Gasteiger partial charge is 0.338 e. The summed E-state index contributed by atoms with van der Waals surface area (Å²) in [6.45, 7) is 0. The summed E-state index contributed by atoms with van der Waals surface area (Å²) < 4.78 is 4.65. The summed E-state index contributed by atoms with van der Waals surface area (Å²) in [5, 5.41) is 0.216. The van der Waals surface area contributed by atoms with Gasteiger partial charge in [0.05, 0.1) is 12.7 Å². The van der Waals surface area contributed by atoms with Crippen molar-refractivity contribution in [2.45, 2.75) is 19.3 Å². The summed E-state index contributed by atoms with van der Waals surface area (Å²) in [5.41, 5.74) is 0.902. The highest BCUT2D eigenvalue weighted by Crippen LogP contribution is 2.31. The number of aromatic nitrogens is 1. The molecule has 0 saturated heterocycles. The first kappa shape index (κ1) is 12.0. The highest BCUT2D eigenvalue weighted by atomic mass is 35.5. The molecule has 90 valence electrons. The van der Waals surface area contributed by atoms with E-state index in [1.54, 1.807) is 0 Å². The van der Waals surface area contributed by atoms with Gasteiger partial charge < -0.3 is 4.74 Å². The number of nitrogens with zero attached hydrogens (tertiary/aromatic N) is 1. The fourth-order valence-corrected chi connectivity index (χ4v) is 1.79. The van der Waals surface area contributed by atoms with Gasteiger partial charge in [0.2, 0.25) is 0 Å². The average Bonchev–Trinajstić information content (AvgIpc) is 3.14. The van der Waals surface area contributed by atoms with Crippen LogP contribution >= 0.6 is 11.6 Å². The standard InChI is InChI=1S/C12H12ClNO3/c1-17-12(16)9-5-11(13)14-6-8(9)4-10(15)7-2-3-7/h5-7H,2-4H2,1H3. The Hall–Kier alpha value is -1.42. The number of esters is 1. The van der Waals surface area contributed by atoms with Gasteiger partial charge in [0, 0.05) is 18.5 Å². The van der Waals surface area contributed by atoms with Crippen LogP contribution in [0.25, 0.3) is 0 Å². The van der Waals surface area contributed by atoms with E-state index in [0.29, 0.717) is 11.1 Å². The molecule has 1 saturated carbocycles. The highest BCUT2D eigenvalue weighted by molar-refractivity contribution is 6.29. The lowest BCUT2D eigenvalue weighted by molar-refractivity contribution is -0.119. The lowest BCUT2D eigenvalue weighted by Gasteiger charge is -2.06. The van der Waals surface area contributed by atoms with E-state index in [-0.39, 0.29) is 23.3 Å². The van der Waals surface area contributed by atoms with Gasteiger partial charge in [0.25, 0.3) is 0 Å². The van der Waals surface area contributed by atoms with E-state index in [1.807, 2.05) is 0 Å². The van der Waals surface area contributed by atoms with Crippen LogP contribution in [-0.4, -0.2) is 23.8 Å². The molecule has 0 atom stereocenters. The number of pyridine rings is 1. The minimum absolute atomic E-state index is 0.152. The Kier molecular flexibility index (Phi) is 3.43. The average molecular weight is 254 g/mol. The number of hydrogen-bond donors (Lipinski definition) is 0. The fraction of sp³-hybridized carbons (Fsp3) is 0.417. The molecule has 1 fully saturated rings. The fourth-order valence-electron chi connectivity index (χ4n) is 1.64. The van der Waals surface area contributed by atoms with Crippen LogP contribution in [0.2, 0.25) is 5.15 Å². The first-order valence-electron chi connectivity index (χ1n) is 5.37. The number of rotatable bonds is 4. The van der Waals surface area contributed by atoms with Gasteiger partial charge in [-0.2, -0.15) is 0 Å². The number of ether oxygens (including phenoxy) is 1. The Morgan fingerprint density at radius 3 is 2.82 bits per heavy atom. The van der Waals surface area contributed by atoms with Crippen molar-refractivity contribution in [2.75, 3.05) is 7.11 Å². The lowest BCUT2D eigenvalue weighted by Crippen LogP contribution is -2.12. The molecule has 2 rings (SSSR count). The number of carbonyl (C=O) groups is 2. The molecule has 0 N–H and O–H groups in total. The predicted molar refractivity (Wildman–Crippen MR) is 62.0 cm³/mol. The summed E-state index contributed by atoms with van der Waals surface area (Å²) in [6.07, 6.45) is 3.59. The first-order valence-corrected chi connectivity index (χ1v) is 5.75. The van der Waals surface area contributed by atoms with Crippen molar-refractivity contribution in [1.82, 2.24) is 4.98 Å². The minimum Gasteiger partial charge on any atom is -0.465 e. The third kappa shape index (κ3) is 2.82. The van der Waals surface area contributed by atoms with Gasteiger partial charge in [-0.05, 0) is 24.5 Å². The van der Waals surface area contributed by atoms with Crippen LogP contribution in [0.4, 0.5) is 0 Å². The molecule has 4 nitrogen and oxygen atoms in total. The first-order chi connectivity index (χ1) is 8.11. The van der Waals surface area contributed by atoms with Crippen LogP contribution in [0, 0.1) is 5.92 Å². The second-order valence-electron chi connectivity index (χ2n) is 4.07. The summed E-state index contributed by atoms with van der Waals surface area (Å²) in [7, 11) is 1.29. The van der Waals surface area contributed by atoms with Gasteiger partial charge in [0.1, 0.15) is 10.9 Å². The Bertz CT molecular complexity index is 469. The van der Waals surface area contributed by atoms with Crippen LogP contribution in [0.5, 0.6) is 0 Å². The maximum Gasteiger partial charge on any atom is 0.338 e. The lowest BCUT2D eigenvalue weighted by atomic mass is 10.0. The summed E-state index contributed by atoms with van der Waals surface area (Å²) in [5.74, 6) is -0.177. The Morgan fingerprint density at radius 1 is 1.53 bits per heavy atom. The summed E-state index contributed by atoms with van der Waals surface area (Å²) in [6, 6.07) is 1.43. The molecule has 1 aliphatic carbocycles. The van der Waals surface area contributed by atoms with E-state index in [9.17, 15) is 9.59 Å². The van der Waals surface area contributed by atoms with Crippen molar-refractivity contribution < 1.29 is 14.3 Å². The van der Waals surface area contributed by atoms with Gasteiger partial charge in [-0.25, -0.2) is 9.78 Å². The third-order valence-corrected chi connectivity index (χ3v) is 2.96. The molecule has 1 aromatic heterocycles. The van der Waals surface area contributed by atoms with E-state index in [4.69, 9.17) is 11.6 Å². The molecule has 1 heterocycles. The quantitative estimate of drug-likeness (QED) is 0.609. The van der Waals surface area contributed by atoms with Crippen molar-refractivity contribution in [2.24, 2.45) is 5.92 Å². The molecule has 1 aromatic rings. The van der Waals surface area contributed by atoms with E-state index in [2.05, 4.69) is 9.72 Å². The van der Waals surface area contributed by atoms with Crippen LogP contribution in [0.3, 0.4) is 0 Å². The predicted octanol–water partition coefficient (Wildman–Crippen LogP) is 2.04. The maximum atomic E-state index is 11.7. The molecule has 0 spiro atoms. The van der Waals surface area contributed by atoms with Crippen molar-refractivity contribution >= 4 is 23.4 Å². The number of carbonyl (C=O) groups excluding carboxylic acids is 2. The van der Waals surface area contributed by atoms with Crippen molar-refractivity contribution in [1.29, 1.82) is 0 Å². The van der Waals surface area contributed by atoms with Crippen molar-refractivity contribution in [3.63, 3.8) is 0 Å². The third-order valence-electron chi connectivity index (χ3n) is 2.76. The molecule has 0 bridgehead atoms. The molecule has 1 aliphatic rings. The molecule has 5 heteroatoms. The second kappa shape index (κ2) is 4.84. The largest absolute Gasteiger partial charge is 0.465 e. The van der Waals surface area contributed by atoms with Crippen molar-refractivity contribution in [3.05, 3.63) is 28.5 Å². The Balaban J connectivity index is 2.25. The molecule has 0 unspecified atom stereocenters. The Labute approximate surface area is 104 Å². The zero-order valence-corrected chi connectivity index (χ0v) is 10.2. The topological polar surface area (TPSA) is 56.3 Å². The van der Waals surface area contributed by atoms with Gasteiger partial charge in [-0.15, -0.1) is 0 Å². The van der Waals surface area contributed by atoms with E-state index in [0.717, 1.165) is 12.8 Å². The van der Waals surface area contributed by atoms with Gasteiger partial charge >= 0.3 is 5.97 Å².